The molecule has 0 radical (unpaired) electrons. The van der Waals surface area contributed by atoms with Gasteiger partial charge in [0.1, 0.15) is 5.82 Å². The van der Waals surface area contributed by atoms with Gasteiger partial charge < -0.3 is 10.5 Å². The van der Waals surface area contributed by atoms with Crippen LogP contribution in [0.2, 0.25) is 0 Å². The number of nitrogen functional groups attached to an aromatic ring is 1. The Bertz CT molecular complexity index is 314. The number of morpholine rings is 1. The minimum Gasteiger partial charge on any atom is -0.382 e. The Labute approximate surface area is 89.2 Å². The van der Waals surface area contributed by atoms with Gasteiger partial charge in [-0.25, -0.2) is 0 Å². The third-order valence-corrected chi connectivity index (χ3v) is 2.45. The van der Waals surface area contributed by atoms with E-state index in [1.807, 2.05) is 6.07 Å². The topological polar surface area (TPSA) is 64.3 Å². The number of rotatable bonds is 2. The zero-order valence-electron chi connectivity index (χ0n) is 8.89. The van der Waals surface area contributed by atoms with Gasteiger partial charge in [-0.2, -0.15) is 5.10 Å². The summed E-state index contributed by atoms with van der Waals surface area (Å²) >= 11 is 0. The first-order chi connectivity index (χ1) is 7.24. The van der Waals surface area contributed by atoms with Crippen LogP contribution in [0.25, 0.3) is 0 Å². The van der Waals surface area contributed by atoms with Crippen LogP contribution >= 0.6 is 0 Å². The molecule has 1 atom stereocenters. The van der Waals surface area contributed by atoms with Gasteiger partial charge in [0.15, 0.2) is 0 Å². The molecule has 1 aliphatic heterocycles. The summed E-state index contributed by atoms with van der Waals surface area (Å²) in [6, 6.07) is 3.70. The second-order valence-corrected chi connectivity index (χ2v) is 3.87. The molecule has 0 aliphatic carbocycles. The van der Waals surface area contributed by atoms with Crippen LogP contribution in [0, 0.1) is 0 Å². The Hall–Kier alpha value is -1.20. The summed E-state index contributed by atoms with van der Waals surface area (Å²) in [6.45, 7) is 5.60. The van der Waals surface area contributed by atoms with E-state index < -0.39 is 0 Å². The lowest BCUT2D eigenvalue weighted by atomic mass is 10.2. The van der Waals surface area contributed by atoms with E-state index in [4.69, 9.17) is 10.5 Å². The van der Waals surface area contributed by atoms with Crippen LogP contribution in [-0.4, -0.2) is 40.9 Å². The Kier molecular flexibility index (Phi) is 3.13. The maximum absolute atomic E-state index is 5.47. The molecule has 1 fully saturated rings. The Morgan fingerprint density at radius 2 is 2.40 bits per heavy atom. The highest BCUT2D eigenvalue weighted by molar-refractivity contribution is 5.25. The molecule has 0 saturated carbocycles. The van der Waals surface area contributed by atoms with Gasteiger partial charge in [-0.05, 0) is 19.1 Å². The Morgan fingerprint density at radius 1 is 1.53 bits per heavy atom. The zero-order valence-corrected chi connectivity index (χ0v) is 8.89. The van der Waals surface area contributed by atoms with Crippen LogP contribution in [0.1, 0.15) is 12.6 Å². The predicted octanol–water partition coefficient (Wildman–Crippen LogP) is 0.279. The molecule has 0 amide bonds. The van der Waals surface area contributed by atoms with Gasteiger partial charge in [0.2, 0.25) is 0 Å². The van der Waals surface area contributed by atoms with Crippen LogP contribution in [0.5, 0.6) is 0 Å². The first kappa shape index (κ1) is 10.3. The molecule has 2 N–H and O–H groups in total. The van der Waals surface area contributed by atoms with Gasteiger partial charge in [-0.15, -0.1) is 5.10 Å². The van der Waals surface area contributed by atoms with Gasteiger partial charge >= 0.3 is 0 Å². The molecule has 2 heterocycles. The number of ether oxygens (including phenoxy) is 1. The van der Waals surface area contributed by atoms with E-state index in [0.29, 0.717) is 11.9 Å². The highest BCUT2D eigenvalue weighted by atomic mass is 16.5. The van der Waals surface area contributed by atoms with Crippen molar-refractivity contribution >= 4 is 5.82 Å². The number of aromatic nitrogens is 2. The molecule has 2 rings (SSSR count). The lowest BCUT2D eigenvalue weighted by Gasteiger charge is -2.30. The zero-order chi connectivity index (χ0) is 10.7. The Morgan fingerprint density at radius 3 is 3.07 bits per heavy atom. The molecule has 5 nitrogen and oxygen atoms in total. The van der Waals surface area contributed by atoms with Crippen LogP contribution < -0.4 is 5.73 Å². The lowest BCUT2D eigenvalue weighted by Crippen LogP contribution is -2.40. The summed E-state index contributed by atoms with van der Waals surface area (Å²) < 4.78 is 5.47. The molecule has 0 aromatic carbocycles. The molecule has 0 bridgehead atoms. The second kappa shape index (κ2) is 4.55. The van der Waals surface area contributed by atoms with E-state index >= 15 is 0 Å². The second-order valence-electron chi connectivity index (χ2n) is 3.87. The van der Waals surface area contributed by atoms with Crippen molar-refractivity contribution in [3.05, 3.63) is 17.8 Å². The van der Waals surface area contributed by atoms with E-state index in [-0.39, 0.29) is 0 Å². The fraction of sp³-hybridized carbons (Fsp3) is 0.600. The predicted molar refractivity (Wildman–Crippen MR) is 57.1 cm³/mol. The lowest BCUT2D eigenvalue weighted by molar-refractivity contribution is -0.0216. The number of nitrogens with two attached hydrogens (primary N) is 1. The van der Waals surface area contributed by atoms with Gasteiger partial charge in [0.25, 0.3) is 0 Å². The van der Waals surface area contributed by atoms with E-state index in [1.54, 1.807) is 6.07 Å². The standard InChI is InChI=1S/C10H16N4O/c1-8-6-14(4-5-15-8)7-9-2-3-10(11)13-12-9/h2-3,8H,4-7H2,1H3,(H2,11,13)/t8-/m0/s1. The van der Waals surface area contributed by atoms with Crippen LogP contribution in [0.3, 0.4) is 0 Å². The first-order valence-electron chi connectivity index (χ1n) is 5.16. The van der Waals surface area contributed by atoms with E-state index in [1.165, 1.54) is 0 Å². The number of anilines is 1. The highest BCUT2D eigenvalue weighted by Gasteiger charge is 2.16. The number of nitrogens with zero attached hydrogens (tertiary/aromatic N) is 3. The molecule has 1 saturated heterocycles. The summed E-state index contributed by atoms with van der Waals surface area (Å²) in [4.78, 5) is 2.31. The average Bonchev–Trinajstić information content (AvgIpc) is 2.22. The van der Waals surface area contributed by atoms with Crippen LogP contribution in [0.15, 0.2) is 12.1 Å². The molecule has 82 valence electrons. The molecule has 1 aromatic heterocycles. The van der Waals surface area contributed by atoms with Gasteiger partial charge in [0.05, 0.1) is 18.4 Å². The number of hydrogen-bond acceptors (Lipinski definition) is 5. The van der Waals surface area contributed by atoms with Crippen molar-refractivity contribution in [1.82, 2.24) is 15.1 Å². The minimum atomic E-state index is 0.306. The molecule has 15 heavy (non-hydrogen) atoms. The third kappa shape index (κ3) is 2.87. The minimum absolute atomic E-state index is 0.306. The quantitative estimate of drug-likeness (QED) is 0.756. The maximum Gasteiger partial charge on any atom is 0.146 e. The van der Waals surface area contributed by atoms with E-state index in [0.717, 1.165) is 31.9 Å². The maximum atomic E-state index is 5.47. The van der Waals surface area contributed by atoms with E-state index in [2.05, 4.69) is 22.0 Å². The molecule has 1 aliphatic rings. The van der Waals surface area contributed by atoms with Gasteiger partial charge in [-0.3, -0.25) is 4.90 Å². The molecular weight excluding hydrogens is 192 g/mol. The number of hydrogen-bond donors (Lipinski definition) is 1. The fourth-order valence-electron chi connectivity index (χ4n) is 1.72. The molecule has 5 heteroatoms. The normalized spacial score (nSPS) is 22.9. The molecular formula is C10H16N4O. The van der Waals surface area contributed by atoms with Crippen molar-refractivity contribution in [2.24, 2.45) is 0 Å². The van der Waals surface area contributed by atoms with E-state index in [9.17, 15) is 0 Å². The summed E-state index contributed by atoms with van der Waals surface area (Å²) in [5.41, 5.74) is 6.43. The van der Waals surface area contributed by atoms with Crippen LogP contribution in [0.4, 0.5) is 5.82 Å². The summed E-state index contributed by atoms with van der Waals surface area (Å²) in [6.07, 6.45) is 0.306. The van der Waals surface area contributed by atoms with Gasteiger partial charge in [0, 0.05) is 19.6 Å². The first-order valence-corrected chi connectivity index (χ1v) is 5.16. The van der Waals surface area contributed by atoms with Crippen molar-refractivity contribution in [2.45, 2.75) is 19.6 Å². The largest absolute Gasteiger partial charge is 0.382 e. The summed E-state index contributed by atoms with van der Waals surface area (Å²) in [5.74, 6) is 0.467. The SMILES string of the molecule is C[C@H]1CN(Cc2ccc(N)nn2)CCO1. The summed E-state index contributed by atoms with van der Waals surface area (Å²) in [7, 11) is 0. The summed E-state index contributed by atoms with van der Waals surface area (Å²) in [5, 5.41) is 7.87. The fourth-order valence-corrected chi connectivity index (χ4v) is 1.72. The van der Waals surface area contributed by atoms with Gasteiger partial charge in [-0.1, -0.05) is 0 Å². The Balaban J connectivity index is 1.93. The van der Waals surface area contributed by atoms with Crippen molar-refractivity contribution < 1.29 is 4.74 Å². The monoisotopic (exact) mass is 208 g/mol. The molecule has 0 spiro atoms. The van der Waals surface area contributed by atoms with Crippen molar-refractivity contribution in [2.75, 3.05) is 25.4 Å². The molecule has 1 aromatic rings. The van der Waals surface area contributed by atoms with Crippen LogP contribution in [-0.2, 0) is 11.3 Å². The van der Waals surface area contributed by atoms with Crippen molar-refractivity contribution in [3.8, 4) is 0 Å². The van der Waals surface area contributed by atoms with Crippen molar-refractivity contribution in [1.29, 1.82) is 0 Å². The third-order valence-electron chi connectivity index (χ3n) is 2.45. The smallest absolute Gasteiger partial charge is 0.146 e. The van der Waals surface area contributed by atoms with Crippen molar-refractivity contribution in [3.63, 3.8) is 0 Å². The highest BCUT2D eigenvalue weighted by Crippen LogP contribution is 2.08. The molecule has 0 unspecified atom stereocenters. The average molecular weight is 208 g/mol.